The van der Waals surface area contributed by atoms with Gasteiger partial charge in [0.1, 0.15) is 0 Å². The first kappa shape index (κ1) is 3.09. The zero-order valence-corrected chi connectivity index (χ0v) is 6.31. The van der Waals surface area contributed by atoms with Crippen molar-refractivity contribution in [1.29, 1.82) is 0 Å². The lowest BCUT2D eigenvalue weighted by Crippen LogP contribution is -2.12. The van der Waals surface area contributed by atoms with Crippen LogP contribution < -0.4 is 0 Å². The number of halogens is 2. The third-order valence-corrected chi connectivity index (χ3v) is 0.421. The summed E-state index contributed by atoms with van der Waals surface area (Å²) in [7, 11) is 2.64. The van der Waals surface area contributed by atoms with Crippen LogP contribution in [0.5, 0.6) is 0 Å². The van der Waals surface area contributed by atoms with Gasteiger partial charge in [-0.3, -0.25) is 0 Å². The van der Waals surface area contributed by atoms with Gasteiger partial charge in [-0.15, -0.1) is 24.0 Å². The van der Waals surface area contributed by atoms with Gasteiger partial charge in [-0.05, 0) is 27.0 Å². The summed E-state index contributed by atoms with van der Waals surface area (Å²) in [6, 6.07) is 0. The van der Waals surface area contributed by atoms with Crippen LogP contribution in [-0.4, -0.2) is 31.3 Å². The SMILES string of the molecule is Cl.[2H]C([2H])(Cl)C([2H])([2H])C([2H])([2H])N(C)C. The Bertz CT molecular complexity index is 189. The van der Waals surface area contributed by atoms with E-state index in [0.717, 1.165) is 4.90 Å². The molecule has 0 atom stereocenters. The normalized spacial score (nSPS) is 25.5. The number of rotatable bonds is 3. The van der Waals surface area contributed by atoms with Crippen LogP contribution in [0.2, 0.25) is 0 Å². The minimum Gasteiger partial charge on any atom is -0.309 e. The minimum atomic E-state index is -2.79. The third kappa shape index (κ3) is 9.74. The molecule has 52 valence electrons. The first-order valence-corrected chi connectivity index (χ1v) is 2.18. The smallest absolute Gasteiger partial charge is 0.0436 e. The molecule has 0 aliphatic rings. The second-order valence-electron chi connectivity index (χ2n) is 1.23. The maximum atomic E-state index is 7.33. The van der Waals surface area contributed by atoms with Gasteiger partial charge in [0.05, 0.1) is 0 Å². The molecule has 0 radical (unpaired) electrons. The molecule has 1 nitrogen and oxygen atoms in total. The molecule has 0 heterocycles. The first-order valence-electron chi connectivity index (χ1n) is 4.81. The molecule has 0 bridgehead atoms. The standard InChI is InChI=1S/C5H12ClN.ClH/c1-7(2)5-3-4-6;/h3-5H2,1-2H3;1H/i3D2,4D2,5D2;. The molecule has 0 spiro atoms. The highest BCUT2D eigenvalue weighted by Gasteiger charge is 1.84. The Kier molecular flexibility index (Phi) is 2.91. The van der Waals surface area contributed by atoms with E-state index in [1.165, 1.54) is 14.1 Å². The molecule has 0 saturated carbocycles. The van der Waals surface area contributed by atoms with E-state index < -0.39 is 18.7 Å². The molecule has 0 unspecified atom stereocenters. The van der Waals surface area contributed by atoms with E-state index in [9.17, 15) is 0 Å². The summed E-state index contributed by atoms with van der Waals surface area (Å²) < 4.78 is 43.1. The summed E-state index contributed by atoms with van der Waals surface area (Å²) in [4.78, 5) is 0.952. The van der Waals surface area contributed by atoms with E-state index in [2.05, 4.69) is 0 Å². The van der Waals surface area contributed by atoms with E-state index in [0.29, 0.717) is 0 Å². The first-order chi connectivity index (χ1) is 5.44. The second kappa shape index (κ2) is 7.54. The molecule has 0 aromatic rings. The summed E-state index contributed by atoms with van der Waals surface area (Å²) in [5.74, 6) is -2.75. The number of nitrogens with zero attached hydrogens (tertiary/aromatic N) is 1. The van der Waals surface area contributed by atoms with Crippen molar-refractivity contribution < 1.29 is 8.22 Å². The maximum Gasteiger partial charge on any atom is 0.0436 e. The molecule has 0 N–H and O–H groups in total. The Hall–Kier alpha value is 0.540. The Morgan fingerprint density at radius 2 is 2.12 bits per heavy atom. The predicted octanol–water partition coefficient (Wildman–Crippen LogP) is 1.60. The largest absolute Gasteiger partial charge is 0.309 e. The van der Waals surface area contributed by atoms with Crippen LogP contribution in [0.4, 0.5) is 0 Å². The van der Waals surface area contributed by atoms with Crippen molar-refractivity contribution in [2.45, 2.75) is 6.37 Å². The fourth-order valence-corrected chi connectivity index (χ4v) is 0.175. The van der Waals surface area contributed by atoms with Gasteiger partial charge in [0.15, 0.2) is 0 Å². The average molecular weight is 164 g/mol. The lowest BCUT2D eigenvalue weighted by atomic mass is 10.5. The van der Waals surface area contributed by atoms with Crippen molar-refractivity contribution in [3.63, 3.8) is 0 Å². The lowest BCUT2D eigenvalue weighted by molar-refractivity contribution is 0.409. The summed E-state index contributed by atoms with van der Waals surface area (Å²) in [5.41, 5.74) is 0. The van der Waals surface area contributed by atoms with Gasteiger partial charge >= 0.3 is 0 Å². The fourth-order valence-electron chi connectivity index (χ4n) is 0.133. The topological polar surface area (TPSA) is 3.24 Å². The fraction of sp³-hybridized carbons (Fsp3) is 1.00. The maximum absolute atomic E-state index is 7.33. The molecule has 0 aliphatic heterocycles. The van der Waals surface area contributed by atoms with E-state index in [1.807, 2.05) is 0 Å². The molecule has 8 heavy (non-hydrogen) atoms. The highest BCUT2D eigenvalue weighted by atomic mass is 35.5. The number of hydrogen-bond acceptors (Lipinski definition) is 1. The van der Waals surface area contributed by atoms with Crippen LogP contribution in [0.25, 0.3) is 0 Å². The summed E-state index contributed by atoms with van der Waals surface area (Å²) in [5, 5.41) is 0. The zero-order valence-electron chi connectivity index (χ0n) is 10.7. The van der Waals surface area contributed by atoms with Crippen LogP contribution in [0.3, 0.4) is 0 Å². The monoisotopic (exact) mass is 163 g/mol. The Morgan fingerprint density at radius 1 is 1.62 bits per heavy atom. The van der Waals surface area contributed by atoms with Gasteiger partial charge in [-0.1, -0.05) is 0 Å². The van der Waals surface area contributed by atoms with Crippen LogP contribution >= 0.6 is 24.0 Å². The Labute approximate surface area is 70.8 Å². The Balaban J connectivity index is 0. The highest BCUT2D eigenvalue weighted by molar-refractivity contribution is 6.17. The van der Waals surface area contributed by atoms with Gasteiger partial charge in [0.25, 0.3) is 0 Å². The molecule has 0 aliphatic carbocycles. The molecule has 3 heteroatoms. The van der Waals surface area contributed by atoms with Crippen molar-refractivity contribution in [2.75, 3.05) is 26.4 Å². The van der Waals surface area contributed by atoms with E-state index in [-0.39, 0.29) is 12.4 Å². The van der Waals surface area contributed by atoms with Gasteiger partial charge in [0, 0.05) is 14.1 Å². The van der Waals surface area contributed by atoms with Crippen LogP contribution in [0, 0.1) is 0 Å². The van der Waals surface area contributed by atoms with E-state index in [1.54, 1.807) is 0 Å². The summed E-state index contributed by atoms with van der Waals surface area (Å²) in [6.07, 6.45) is -2.79. The summed E-state index contributed by atoms with van der Waals surface area (Å²) >= 11 is 5.15. The molecular formula is C5H13Cl2N. The van der Waals surface area contributed by atoms with E-state index in [4.69, 9.17) is 19.8 Å². The molecule has 0 aromatic heterocycles. The van der Waals surface area contributed by atoms with Crippen LogP contribution in [0.15, 0.2) is 0 Å². The van der Waals surface area contributed by atoms with Crippen molar-refractivity contribution in [1.82, 2.24) is 4.90 Å². The molecule has 0 aromatic carbocycles. The zero-order chi connectivity index (χ0) is 11.1. The quantitative estimate of drug-likeness (QED) is 0.572. The average Bonchev–Trinajstić information content (AvgIpc) is 1.84. The molecule has 0 amide bonds. The van der Waals surface area contributed by atoms with Gasteiger partial charge < -0.3 is 4.90 Å². The molecule has 0 saturated heterocycles. The van der Waals surface area contributed by atoms with Crippen molar-refractivity contribution >= 4 is 24.0 Å². The van der Waals surface area contributed by atoms with Crippen molar-refractivity contribution in [2.24, 2.45) is 0 Å². The second-order valence-corrected chi connectivity index (χ2v) is 1.41. The molecular weight excluding hydrogens is 145 g/mol. The third-order valence-electron chi connectivity index (χ3n) is 0.327. The minimum absolute atomic E-state index is 0. The van der Waals surface area contributed by atoms with Crippen molar-refractivity contribution in [3.8, 4) is 0 Å². The van der Waals surface area contributed by atoms with Gasteiger partial charge in [-0.25, -0.2) is 0 Å². The lowest BCUT2D eigenvalue weighted by Gasteiger charge is -2.05. The van der Waals surface area contributed by atoms with Crippen LogP contribution in [-0.2, 0) is 0 Å². The van der Waals surface area contributed by atoms with Gasteiger partial charge in [-0.2, -0.15) is 0 Å². The molecule has 0 fully saturated rings. The van der Waals surface area contributed by atoms with Gasteiger partial charge in [0.2, 0.25) is 0 Å². The van der Waals surface area contributed by atoms with Crippen LogP contribution in [0.1, 0.15) is 14.6 Å². The van der Waals surface area contributed by atoms with Crippen molar-refractivity contribution in [3.05, 3.63) is 0 Å². The number of hydrogen-bond donors (Lipinski definition) is 0. The summed E-state index contributed by atoms with van der Waals surface area (Å²) in [6.45, 7) is -2.46. The highest BCUT2D eigenvalue weighted by Crippen LogP contribution is 1.84. The predicted molar refractivity (Wildman–Crippen MR) is 41.1 cm³/mol. The number of alkyl halides is 1. The van der Waals surface area contributed by atoms with E-state index >= 15 is 0 Å². The molecule has 0 rings (SSSR count). The Morgan fingerprint density at radius 3 is 2.25 bits per heavy atom.